The van der Waals surface area contributed by atoms with Gasteiger partial charge in [-0.15, -0.1) is 0 Å². The third kappa shape index (κ3) is 2.85. The number of imide groups is 1. The van der Waals surface area contributed by atoms with Gasteiger partial charge in [0.2, 0.25) is 11.8 Å². The molecule has 3 fully saturated rings. The molecule has 3 aliphatic rings. The van der Waals surface area contributed by atoms with Crippen LogP contribution in [0, 0.1) is 22.0 Å². The molecular weight excluding hydrogens is 414 g/mol. The Morgan fingerprint density at radius 1 is 1.09 bits per heavy atom. The Morgan fingerprint density at radius 3 is 2.50 bits per heavy atom. The van der Waals surface area contributed by atoms with Gasteiger partial charge in [-0.1, -0.05) is 30.3 Å². The molecule has 2 aromatic carbocycles. The normalized spacial score (nSPS) is 26.8. The molecule has 0 aliphatic carbocycles. The summed E-state index contributed by atoms with van der Waals surface area (Å²) in [7, 11) is 1.33. The van der Waals surface area contributed by atoms with Crippen LogP contribution in [0.2, 0.25) is 0 Å². The third-order valence-corrected chi connectivity index (χ3v) is 6.79. The second-order valence-electron chi connectivity index (χ2n) is 8.30. The van der Waals surface area contributed by atoms with E-state index >= 15 is 0 Å². The molecule has 2 amide bonds. The fourth-order valence-corrected chi connectivity index (χ4v) is 5.49. The van der Waals surface area contributed by atoms with Crippen molar-refractivity contribution in [2.75, 3.05) is 18.6 Å². The Balaban J connectivity index is 1.56. The van der Waals surface area contributed by atoms with Gasteiger partial charge in [-0.25, -0.2) is 4.90 Å². The number of nitro benzene ring substituents is 1. The van der Waals surface area contributed by atoms with Crippen molar-refractivity contribution in [1.29, 1.82) is 0 Å². The van der Waals surface area contributed by atoms with Crippen LogP contribution in [0.25, 0.3) is 0 Å². The number of non-ortho nitro benzene ring substituents is 1. The minimum atomic E-state index is -0.791. The molecule has 4 atom stereocenters. The van der Waals surface area contributed by atoms with E-state index in [0.717, 1.165) is 17.7 Å². The number of carbonyl (C=O) groups is 3. The highest BCUT2D eigenvalue weighted by atomic mass is 16.6. The average molecular weight is 435 g/mol. The monoisotopic (exact) mass is 435 g/mol. The van der Waals surface area contributed by atoms with E-state index in [1.807, 2.05) is 11.0 Å². The molecule has 0 radical (unpaired) electrons. The van der Waals surface area contributed by atoms with Crippen LogP contribution in [0.15, 0.2) is 48.5 Å². The van der Waals surface area contributed by atoms with Crippen molar-refractivity contribution in [1.82, 2.24) is 4.90 Å². The quantitative estimate of drug-likeness (QED) is 0.307. The number of benzene rings is 2. The summed E-state index contributed by atoms with van der Waals surface area (Å²) in [4.78, 5) is 54.2. The summed E-state index contributed by atoms with van der Waals surface area (Å²) in [5, 5.41) is 11.1. The Kier molecular flexibility index (Phi) is 4.78. The molecule has 0 aromatic heterocycles. The van der Waals surface area contributed by atoms with Gasteiger partial charge in [-0.2, -0.15) is 0 Å². The molecule has 164 valence electrons. The first-order valence-corrected chi connectivity index (χ1v) is 10.5. The van der Waals surface area contributed by atoms with E-state index in [2.05, 4.69) is 0 Å². The fourth-order valence-electron chi connectivity index (χ4n) is 5.49. The topological polar surface area (TPSA) is 110 Å². The van der Waals surface area contributed by atoms with Crippen LogP contribution in [-0.4, -0.2) is 53.2 Å². The van der Waals surface area contributed by atoms with Crippen molar-refractivity contribution in [2.45, 2.75) is 24.9 Å². The van der Waals surface area contributed by atoms with Crippen LogP contribution in [0.5, 0.6) is 5.75 Å². The van der Waals surface area contributed by atoms with E-state index in [9.17, 15) is 24.5 Å². The molecule has 9 heteroatoms. The van der Waals surface area contributed by atoms with Gasteiger partial charge in [0.25, 0.3) is 5.69 Å². The lowest BCUT2D eigenvalue weighted by Gasteiger charge is -2.28. The number of rotatable bonds is 5. The second kappa shape index (κ2) is 7.52. The molecular formula is C23H21N3O6. The SMILES string of the molecule is COc1cc([N+](=O)[O-])ccc1N1C(=O)C2C(C1=O)C(C(=O)c1ccccc1)N1CCCC21. The molecule has 0 spiro atoms. The lowest BCUT2D eigenvalue weighted by molar-refractivity contribution is -0.384. The number of amides is 2. The van der Waals surface area contributed by atoms with E-state index in [1.54, 1.807) is 24.3 Å². The zero-order valence-electron chi connectivity index (χ0n) is 17.3. The predicted molar refractivity (Wildman–Crippen MR) is 113 cm³/mol. The number of hydrogen-bond acceptors (Lipinski definition) is 7. The number of hydrogen-bond donors (Lipinski definition) is 0. The zero-order chi connectivity index (χ0) is 22.6. The largest absolute Gasteiger partial charge is 0.494 e. The van der Waals surface area contributed by atoms with E-state index in [-0.39, 0.29) is 34.9 Å². The molecule has 4 unspecified atom stereocenters. The molecule has 2 aromatic rings. The van der Waals surface area contributed by atoms with Gasteiger partial charge in [0.05, 0.1) is 41.7 Å². The summed E-state index contributed by atoms with van der Waals surface area (Å²) in [6.45, 7) is 0.669. The molecule has 32 heavy (non-hydrogen) atoms. The fraction of sp³-hybridized carbons (Fsp3) is 0.348. The standard InChI is InChI=1S/C23H21N3O6/c1-32-17-12-14(26(30)31)9-10-15(17)25-22(28)18-16-8-5-11-24(16)20(19(18)23(25)29)21(27)13-6-3-2-4-7-13/h2-4,6-7,9-10,12,16,18-20H,5,8,11H2,1H3. The lowest BCUT2D eigenvalue weighted by atomic mass is 9.85. The van der Waals surface area contributed by atoms with Crippen LogP contribution in [-0.2, 0) is 9.59 Å². The van der Waals surface area contributed by atoms with Gasteiger partial charge in [0.1, 0.15) is 5.75 Å². The van der Waals surface area contributed by atoms with E-state index in [4.69, 9.17) is 4.74 Å². The zero-order valence-corrected chi connectivity index (χ0v) is 17.3. The lowest BCUT2D eigenvalue weighted by Crippen LogP contribution is -2.46. The smallest absolute Gasteiger partial charge is 0.273 e. The van der Waals surface area contributed by atoms with Crippen molar-refractivity contribution < 1.29 is 24.0 Å². The molecule has 0 bridgehead atoms. The van der Waals surface area contributed by atoms with Gasteiger partial charge >= 0.3 is 0 Å². The number of carbonyl (C=O) groups excluding carboxylic acids is 3. The van der Waals surface area contributed by atoms with Crippen LogP contribution in [0.1, 0.15) is 23.2 Å². The summed E-state index contributed by atoms with van der Waals surface area (Å²) < 4.78 is 5.27. The second-order valence-corrected chi connectivity index (χ2v) is 8.30. The molecule has 0 saturated carbocycles. The number of fused-ring (bicyclic) bond motifs is 3. The van der Waals surface area contributed by atoms with Crippen molar-refractivity contribution >= 4 is 29.0 Å². The summed E-state index contributed by atoms with van der Waals surface area (Å²) in [6, 6.07) is 11.7. The number of ketones is 1. The summed E-state index contributed by atoms with van der Waals surface area (Å²) in [6.07, 6.45) is 1.60. The first-order chi connectivity index (χ1) is 15.4. The number of anilines is 1. The molecule has 3 saturated heterocycles. The van der Waals surface area contributed by atoms with Crippen LogP contribution >= 0.6 is 0 Å². The highest BCUT2D eigenvalue weighted by Crippen LogP contribution is 2.49. The number of Topliss-reactive ketones (excluding diaryl/α,β-unsaturated/α-hetero) is 1. The molecule has 0 N–H and O–H groups in total. The molecule has 9 nitrogen and oxygen atoms in total. The maximum Gasteiger partial charge on any atom is 0.273 e. The van der Waals surface area contributed by atoms with Crippen molar-refractivity contribution in [3.05, 3.63) is 64.2 Å². The first kappa shape index (κ1) is 20.3. The summed E-state index contributed by atoms with van der Waals surface area (Å²) in [5.74, 6) is -2.36. The molecule has 3 heterocycles. The maximum atomic E-state index is 13.6. The van der Waals surface area contributed by atoms with Crippen LogP contribution < -0.4 is 9.64 Å². The Labute approximate surface area is 183 Å². The summed E-state index contributed by atoms with van der Waals surface area (Å²) >= 11 is 0. The Hall–Kier alpha value is -3.59. The average Bonchev–Trinajstić information content (AvgIpc) is 3.45. The minimum absolute atomic E-state index is 0.0649. The van der Waals surface area contributed by atoms with E-state index < -0.39 is 28.7 Å². The van der Waals surface area contributed by atoms with Crippen molar-refractivity contribution in [3.8, 4) is 5.75 Å². The highest BCUT2D eigenvalue weighted by Gasteiger charge is 2.65. The van der Waals surface area contributed by atoms with E-state index in [1.165, 1.54) is 25.3 Å². The first-order valence-electron chi connectivity index (χ1n) is 10.5. The van der Waals surface area contributed by atoms with Gasteiger partial charge in [0.15, 0.2) is 5.78 Å². The Morgan fingerprint density at radius 2 is 1.81 bits per heavy atom. The van der Waals surface area contributed by atoms with Gasteiger partial charge in [0, 0.05) is 17.7 Å². The predicted octanol–water partition coefficient (Wildman–Crippen LogP) is 2.44. The third-order valence-electron chi connectivity index (χ3n) is 6.79. The Bertz CT molecular complexity index is 1130. The number of nitrogens with zero attached hydrogens (tertiary/aromatic N) is 3. The van der Waals surface area contributed by atoms with Gasteiger partial charge in [-0.3, -0.25) is 29.4 Å². The summed E-state index contributed by atoms with van der Waals surface area (Å²) in [5.41, 5.74) is 0.470. The van der Waals surface area contributed by atoms with Gasteiger partial charge in [-0.05, 0) is 25.5 Å². The van der Waals surface area contributed by atoms with Crippen LogP contribution in [0.3, 0.4) is 0 Å². The number of methoxy groups -OCH3 is 1. The van der Waals surface area contributed by atoms with Crippen molar-refractivity contribution in [3.63, 3.8) is 0 Å². The number of ether oxygens (including phenoxy) is 1. The maximum absolute atomic E-state index is 13.6. The highest BCUT2D eigenvalue weighted by molar-refractivity contribution is 6.25. The molecule has 3 aliphatic heterocycles. The minimum Gasteiger partial charge on any atom is -0.494 e. The number of nitro groups is 1. The van der Waals surface area contributed by atoms with Crippen molar-refractivity contribution in [2.24, 2.45) is 11.8 Å². The van der Waals surface area contributed by atoms with E-state index in [0.29, 0.717) is 12.1 Å². The molecule has 5 rings (SSSR count). The van der Waals surface area contributed by atoms with Crippen LogP contribution in [0.4, 0.5) is 11.4 Å². The van der Waals surface area contributed by atoms with Gasteiger partial charge < -0.3 is 4.74 Å².